The van der Waals surface area contributed by atoms with Crippen molar-refractivity contribution in [1.29, 1.82) is 0 Å². The number of benzene rings is 1. The summed E-state index contributed by atoms with van der Waals surface area (Å²) in [5, 5.41) is 2.55. The number of nitrogens with one attached hydrogen (secondary N) is 1. The molecule has 13 heavy (non-hydrogen) atoms. The summed E-state index contributed by atoms with van der Waals surface area (Å²) < 4.78 is 5.08. The van der Waals surface area contributed by atoms with Crippen LogP contribution in [0, 0.1) is 0 Å². The molecule has 0 aromatic heterocycles. The second-order valence-electron chi connectivity index (χ2n) is 2.42. The highest BCUT2D eigenvalue weighted by Gasteiger charge is 1.99. The van der Waals surface area contributed by atoms with E-state index in [-0.39, 0.29) is 0 Å². The Kier molecular flexibility index (Phi) is 3.09. The van der Waals surface area contributed by atoms with E-state index in [2.05, 4.69) is 11.9 Å². The summed E-state index contributed by atoms with van der Waals surface area (Å²) in [7, 11) is 1.59. The van der Waals surface area contributed by atoms with Gasteiger partial charge in [0.05, 0.1) is 7.11 Å². The van der Waals surface area contributed by atoms with Crippen molar-refractivity contribution >= 4 is 18.2 Å². The highest BCUT2D eigenvalue weighted by molar-refractivity contribution is 5.74. The molecule has 0 heterocycles. The van der Waals surface area contributed by atoms with E-state index in [1.165, 1.54) is 0 Å². The molecule has 0 unspecified atom stereocenters. The third-order valence-corrected chi connectivity index (χ3v) is 1.68. The Balaban J connectivity index is 3.04. The minimum atomic E-state index is 0.634. The minimum absolute atomic E-state index is 0.634. The zero-order valence-electron chi connectivity index (χ0n) is 7.41. The lowest BCUT2D eigenvalue weighted by Gasteiger charge is -2.06. The molecule has 0 saturated carbocycles. The highest BCUT2D eigenvalue weighted by atomic mass is 16.5. The molecule has 0 bridgehead atoms. The maximum absolute atomic E-state index is 10.2. The molecule has 0 aliphatic heterocycles. The van der Waals surface area contributed by atoms with Crippen LogP contribution in [0.1, 0.15) is 5.56 Å². The SMILES string of the molecule is C=Cc1cc(NC=O)ccc1OC. The minimum Gasteiger partial charge on any atom is -0.496 e. The number of hydrogen-bond donors (Lipinski definition) is 1. The lowest BCUT2D eigenvalue weighted by molar-refractivity contribution is -0.105. The quantitative estimate of drug-likeness (QED) is 0.713. The second-order valence-corrected chi connectivity index (χ2v) is 2.42. The smallest absolute Gasteiger partial charge is 0.211 e. The molecule has 0 fully saturated rings. The van der Waals surface area contributed by atoms with Crippen molar-refractivity contribution in [2.45, 2.75) is 0 Å². The Hall–Kier alpha value is -1.77. The van der Waals surface area contributed by atoms with E-state index in [4.69, 9.17) is 4.74 Å². The Morgan fingerprint density at radius 3 is 2.85 bits per heavy atom. The van der Waals surface area contributed by atoms with E-state index in [1.807, 2.05) is 0 Å². The van der Waals surface area contributed by atoms with Gasteiger partial charge in [0.1, 0.15) is 5.75 Å². The lowest BCUT2D eigenvalue weighted by atomic mass is 10.2. The molecule has 0 aliphatic rings. The second kappa shape index (κ2) is 4.30. The molecule has 1 rings (SSSR count). The van der Waals surface area contributed by atoms with Crippen molar-refractivity contribution in [3.63, 3.8) is 0 Å². The van der Waals surface area contributed by atoms with E-state index in [1.54, 1.807) is 31.4 Å². The Morgan fingerprint density at radius 2 is 2.31 bits per heavy atom. The van der Waals surface area contributed by atoms with Gasteiger partial charge in [0.2, 0.25) is 6.41 Å². The number of amides is 1. The fourth-order valence-corrected chi connectivity index (χ4v) is 1.05. The van der Waals surface area contributed by atoms with Gasteiger partial charge >= 0.3 is 0 Å². The number of rotatable bonds is 4. The van der Waals surface area contributed by atoms with E-state index in [0.717, 1.165) is 17.0 Å². The standard InChI is InChI=1S/C10H11NO2/c1-3-8-6-9(11-7-12)4-5-10(8)13-2/h3-7H,1H2,2H3,(H,11,12). The summed E-state index contributed by atoms with van der Waals surface area (Å²) in [5.74, 6) is 0.742. The molecule has 1 N–H and O–H groups in total. The maximum atomic E-state index is 10.2. The van der Waals surface area contributed by atoms with Gasteiger partial charge < -0.3 is 10.1 Å². The summed E-state index contributed by atoms with van der Waals surface area (Å²) in [5.41, 5.74) is 1.58. The van der Waals surface area contributed by atoms with Gasteiger partial charge in [0.15, 0.2) is 0 Å². The molecule has 1 amide bonds. The fourth-order valence-electron chi connectivity index (χ4n) is 1.05. The summed E-state index contributed by atoms with van der Waals surface area (Å²) in [6.45, 7) is 3.64. The molecule has 0 aliphatic carbocycles. The summed E-state index contributed by atoms with van der Waals surface area (Å²) >= 11 is 0. The summed E-state index contributed by atoms with van der Waals surface area (Å²) in [6, 6.07) is 5.34. The van der Waals surface area contributed by atoms with Crippen molar-refractivity contribution in [1.82, 2.24) is 0 Å². The van der Waals surface area contributed by atoms with Crippen molar-refractivity contribution < 1.29 is 9.53 Å². The zero-order valence-corrected chi connectivity index (χ0v) is 7.41. The molecule has 3 nitrogen and oxygen atoms in total. The van der Waals surface area contributed by atoms with Gasteiger partial charge in [-0.15, -0.1) is 0 Å². The van der Waals surface area contributed by atoms with Crippen LogP contribution in [0.4, 0.5) is 5.69 Å². The molecule has 0 saturated heterocycles. The lowest BCUT2D eigenvalue weighted by Crippen LogP contribution is -1.95. The zero-order chi connectivity index (χ0) is 9.68. The number of carbonyl (C=O) groups is 1. The molecule has 0 spiro atoms. The van der Waals surface area contributed by atoms with Crippen LogP contribution in [0.3, 0.4) is 0 Å². The van der Waals surface area contributed by atoms with Crippen molar-refractivity contribution in [3.05, 3.63) is 30.3 Å². The van der Waals surface area contributed by atoms with Crippen LogP contribution in [0.5, 0.6) is 5.75 Å². The van der Waals surface area contributed by atoms with E-state index in [0.29, 0.717) is 6.41 Å². The largest absolute Gasteiger partial charge is 0.496 e. The van der Waals surface area contributed by atoms with Gasteiger partial charge in [-0.2, -0.15) is 0 Å². The van der Waals surface area contributed by atoms with Gasteiger partial charge in [0, 0.05) is 11.3 Å². The first-order valence-corrected chi connectivity index (χ1v) is 3.82. The van der Waals surface area contributed by atoms with E-state index >= 15 is 0 Å². The third kappa shape index (κ3) is 2.08. The molecular weight excluding hydrogens is 166 g/mol. The van der Waals surface area contributed by atoms with Crippen molar-refractivity contribution in [2.24, 2.45) is 0 Å². The molecular formula is C10H11NO2. The van der Waals surface area contributed by atoms with Gasteiger partial charge in [-0.05, 0) is 18.2 Å². The first-order valence-electron chi connectivity index (χ1n) is 3.82. The summed E-state index contributed by atoms with van der Waals surface area (Å²) in [6.07, 6.45) is 2.31. The molecule has 0 atom stereocenters. The molecule has 1 aromatic rings. The number of methoxy groups -OCH3 is 1. The average Bonchev–Trinajstić information content (AvgIpc) is 2.18. The number of carbonyl (C=O) groups excluding carboxylic acids is 1. The third-order valence-electron chi connectivity index (χ3n) is 1.68. The van der Waals surface area contributed by atoms with Crippen molar-refractivity contribution in [3.8, 4) is 5.75 Å². The van der Waals surface area contributed by atoms with Gasteiger partial charge in [-0.1, -0.05) is 12.7 Å². The van der Waals surface area contributed by atoms with Crippen LogP contribution in [0.15, 0.2) is 24.8 Å². The topological polar surface area (TPSA) is 38.3 Å². The predicted molar refractivity (Wildman–Crippen MR) is 52.8 cm³/mol. The average molecular weight is 177 g/mol. The molecule has 0 radical (unpaired) electrons. The Bertz CT molecular complexity index is 321. The van der Waals surface area contributed by atoms with Gasteiger partial charge in [-0.25, -0.2) is 0 Å². The fraction of sp³-hybridized carbons (Fsp3) is 0.100. The number of hydrogen-bond acceptors (Lipinski definition) is 2. The first-order chi connectivity index (χ1) is 6.31. The Labute approximate surface area is 77.0 Å². The maximum Gasteiger partial charge on any atom is 0.211 e. The normalized spacial score (nSPS) is 9.00. The molecule has 68 valence electrons. The van der Waals surface area contributed by atoms with Crippen LogP contribution >= 0.6 is 0 Å². The Morgan fingerprint density at radius 1 is 1.54 bits per heavy atom. The van der Waals surface area contributed by atoms with Crippen LogP contribution < -0.4 is 10.1 Å². The number of ether oxygens (including phenoxy) is 1. The van der Waals surface area contributed by atoms with Crippen LogP contribution in [-0.4, -0.2) is 13.5 Å². The molecule has 1 aromatic carbocycles. The van der Waals surface area contributed by atoms with E-state index in [9.17, 15) is 4.79 Å². The van der Waals surface area contributed by atoms with Crippen LogP contribution in [0.2, 0.25) is 0 Å². The summed E-state index contributed by atoms with van der Waals surface area (Å²) in [4.78, 5) is 10.2. The number of anilines is 1. The predicted octanol–water partition coefficient (Wildman–Crippen LogP) is 1.91. The highest BCUT2D eigenvalue weighted by Crippen LogP contribution is 2.22. The monoisotopic (exact) mass is 177 g/mol. The van der Waals surface area contributed by atoms with Gasteiger partial charge in [-0.3, -0.25) is 4.79 Å². The van der Waals surface area contributed by atoms with Gasteiger partial charge in [0.25, 0.3) is 0 Å². The van der Waals surface area contributed by atoms with Crippen LogP contribution in [-0.2, 0) is 4.79 Å². The molecule has 3 heteroatoms. The first kappa shape index (κ1) is 9.32. The van der Waals surface area contributed by atoms with Crippen LogP contribution in [0.25, 0.3) is 6.08 Å². The van der Waals surface area contributed by atoms with E-state index < -0.39 is 0 Å². The van der Waals surface area contributed by atoms with Crippen molar-refractivity contribution in [2.75, 3.05) is 12.4 Å².